The van der Waals surface area contributed by atoms with Crippen LogP contribution in [0.2, 0.25) is 0 Å². The molecule has 9 nitrogen and oxygen atoms in total. The highest BCUT2D eigenvalue weighted by atomic mass is 16.6. The van der Waals surface area contributed by atoms with E-state index < -0.39 is 41.3 Å². The Hall–Kier alpha value is -1.26. The van der Waals surface area contributed by atoms with Crippen LogP contribution in [0.4, 0.5) is 0 Å². The van der Waals surface area contributed by atoms with Crippen molar-refractivity contribution in [3.8, 4) is 0 Å². The van der Waals surface area contributed by atoms with E-state index in [-0.39, 0.29) is 36.0 Å². The van der Waals surface area contributed by atoms with Gasteiger partial charge in [-0.25, -0.2) is 0 Å². The first kappa shape index (κ1) is 33.8. The average Bonchev–Trinajstić information content (AvgIpc) is 2.81. The van der Waals surface area contributed by atoms with Gasteiger partial charge in [0.05, 0.1) is 11.5 Å². The first-order chi connectivity index (χ1) is 17.0. The average molecular weight is 530 g/mol. The Bertz CT molecular complexity index is 731. The number of amides is 1. The number of esters is 1. The Kier molecular flexibility index (Phi) is 13.0. The number of rotatable bonds is 7. The molecule has 2 unspecified atom stereocenters. The molecule has 0 spiro atoms. The molecule has 1 rings (SSSR count). The lowest BCUT2D eigenvalue weighted by molar-refractivity contribution is -0.191. The predicted octanol–water partition coefficient (Wildman–Crippen LogP) is 1.91. The SMILES string of the molecule is CC[C@H]1OC(=O)[C@H](C)[C@@H](C)[C@H](C)[C@@H](C)[C@](C)(O)C[C@@H](C)CN(CCNCCC(N)=O)C(C)C(O)[C@]1(C)O. The van der Waals surface area contributed by atoms with Crippen LogP contribution in [0, 0.1) is 29.6 Å². The van der Waals surface area contributed by atoms with Gasteiger partial charge in [0.1, 0.15) is 17.8 Å². The molecule has 1 heterocycles. The summed E-state index contributed by atoms with van der Waals surface area (Å²) in [5.41, 5.74) is 2.60. The fourth-order valence-electron chi connectivity index (χ4n) is 5.81. The second-order valence-corrected chi connectivity index (χ2v) is 12.2. The second kappa shape index (κ2) is 14.2. The van der Waals surface area contributed by atoms with Gasteiger partial charge in [0.2, 0.25) is 5.91 Å². The van der Waals surface area contributed by atoms with Gasteiger partial charge in [0.25, 0.3) is 0 Å². The summed E-state index contributed by atoms with van der Waals surface area (Å²) in [5, 5.41) is 37.6. The van der Waals surface area contributed by atoms with Gasteiger partial charge in [-0.15, -0.1) is 0 Å². The number of nitrogens with one attached hydrogen (secondary N) is 1. The Morgan fingerprint density at radius 1 is 1.11 bits per heavy atom. The Morgan fingerprint density at radius 3 is 2.24 bits per heavy atom. The fraction of sp³-hybridized carbons (Fsp3) is 0.929. The Labute approximate surface area is 224 Å². The van der Waals surface area contributed by atoms with Crippen LogP contribution in [0.3, 0.4) is 0 Å². The van der Waals surface area contributed by atoms with E-state index in [1.54, 1.807) is 0 Å². The van der Waals surface area contributed by atoms with Crippen LogP contribution < -0.4 is 11.1 Å². The van der Waals surface area contributed by atoms with E-state index in [2.05, 4.69) is 24.1 Å². The first-order valence-corrected chi connectivity index (χ1v) is 14.0. The van der Waals surface area contributed by atoms with Crippen molar-refractivity contribution in [1.82, 2.24) is 10.2 Å². The number of hydrogen-bond acceptors (Lipinski definition) is 8. The smallest absolute Gasteiger partial charge is 0.309 e. The molecule has 218 valence electrons. The number of aliphatic hydroxyl groups excluding tert-OH is 1. The van der Waals surface area contributed by atoms with E-state index in [1.165, 1.54) is 6.92 Å². The van der Waals surface area contributed by atoms with Gasteiger partial charge in [-0.2, -0.15) is 0 Å². The summed E-state index contributed by atoms with van der Waals surface area (Å²) in [6, 6.07) is -0.467. The normalized spacial score (nSPS) is 41.5. The third kappa shape index (κ3) is 9.17. The molecule has 37 heavy (non-hydrogen) atoms. The maximum Gasteiger partial charge on any atom is 0.309 e. The van der Waals surface area contributed by atoms with E-state index in [0.29, 0.717) is 39.0 Å². The molecule has 0 radical (unpaired) electrons. The number of cyclic esters (lactones) is 1. The van der Waals surface area contributed by atoms with Crippen molar-refractivity contribution in [3.05, 3.63) is 0 Å². The van der Waals surface area contributed by atoms with Crippen molar-refractivity contribution in [2.45, 2.75) is 111 Å². The molecule has 1 aliphatic heterocycles. The van der Waals surface area contributed by atoms with Crippen molar-refractivity contribution < 1.29 is 29.6 Å². The quantitative estimate of drug-likeness (QED) is 0.248. The highest BCUT2D eigenvalue weighted by Crippen LogP contribution is 2.38. The molecule has 0 aromatic carbocycles. The number of ether oxygens (including phenoxy) is 1. The Morgan fingerprint density at radius 2 is 1.70 bits per heavy atom. The minimum atomic E-state index is -1.67. The summed E-state index contributed by atoms with van der Waals surface area (Å²) in [5.74, 6) is -1.19. The summed E-state index contributed by atoms with van der Waals surface area (Å²) in [4.78, 5) is 26.3. The zero-order valence-corrected chi connectivity index (χ0v) is 24.7. The van der Waals surface area contributed by atoms with Gasteiger partial charge >= 0.3 is 5.97 Å². The summed E-state index contributed by atoms with van der Waals surface area (Å²) in [6.07, 6.45) is -0.926. The highest BCUT2D eigenvalue weighted by molar-refractivity contribution is 5.73. The predicted molar refractivity (Wildman–Crippen MR) is 146 cm³/mol. The van der Waals surface area contributed by atoms with Gasteiger partial charge in [-0.1, -0.05) is 41.5 Å². The van der Waals surface area contributed by atoms with Gasteiger partial charge in [-0.05, 0) is 57.3 Å². The fourth-order valence-corrected chi connectivity index (χ4v) is 5.81. The number of hydrogen-bond donors (Lipinski definition) is 5. The maximum atomic E-state index is 13.2. The van der Waals surface area contributed by atoms with E-state index in [1.807, 2.05) is 41.5 Å². The largest absolute Gasteiger partial charge is 0.459 e. The Balaban J connectivity index is 3.35. The summed E-state index contributed by atoms with van der Waals surface area (Å²) >= 11 is 0. The highest BCUT2D eigenvalue weighted by Gasteiger charge is 2.46. The van der Waals surface area contributed by atoms with E-state index in [0.717, 1.165) is 0 Å². The van der Waals surface area contributed by atoms with E-state index in [9.17, 15) is 24.9 Å². The van der Waals surface area contributed by atoms with Gasteiger partial charge in [-0.3, -0.25) is 14.5 Å². The van der Waals surface area contributed by atoms with Crippen molar-refractivity contribution in [3.63, 3.8) is 0 Å². The molecular weight excluding hydrogens is 474 g/mol. The van der Waals surface area contributed by atoms with Crippen LogP contribution in [0.15, 0.2) is 0 Å². The molecular formula is C28H55N3O6. The van der Waals surface area contributed by atoms with E-state index >= 15 is 0 Å². The number of primary amides is 1. The molecule has 10 atom stereocenters. The van der Waals surface area contributed by atoms with E-state index in [4.69, 9.17) is 10.5 Å². The lowest BCUT2D eigenvalue weighted by Gasteiger charge is -2.43. The molecule has 1 saturated heterocycles. The minimum absolute atomic E-state index is 0.0468. The molecule has 0 aromatic heterocycles. The summed E-state index contributed by atoms with van der Waals surface area (Å²) in [7, 11) is 0. The van der Waals surface area contributed by atoms with Crippen molar-refractivity contribution in [2.24, 2.45) is 35.3 Å². The third-order valence-electron chi connectivity index (χ3n) is 9.10. The summed E-state index contributed by atoms with van der Waals surface area (Å²) < 4.78 is 5.83. The molecule has 1 amide bonds. The third-order valence-corrected chi connectivity index (χ3v) is 9.10. The number of carbonyl (C=O) groups is 2. The topological polar surface area (TPSA) is 145 Å². The molecule has 0 bridgehead atoms. The van der Waals surface area contributed by atoms with Crippen molar-refractivity contribution in [2.75, 3.05) is 26.2 Å². The van der Waals surface area contributed by atoms with Crippen LogP contribution in [-0.2, 0) is 14.3 Å². The molecule has 6 N–H and O–H groups in total. The number of nitrogens with two attached hydrogens (primary N) is 1. The number of nitrogens with zero attached hydrogens (tertiary/aromatic N) is 1. The molecule has 1 aliphatic rings. The van der Waals surface area contributed by atoms with Crippen LogP contribution in [0.25, 0.3) is 0 Å². The van der Waals surface area contributed by atoms with Crippen LogP contribution >= 0.6 is 0 Å². The van der Waals surface area contributed by atoms with Gasteiger partial charge < -0.3 is 31.1 Å². The van der Waals surface area contributed by atoms with Crippen LogP contribution in [0.5, 0.6) is 0 Å². The lowest BCUT2D eigenvalue weighted by atomic mass is 9.70. The zero-order chi connectivity index (χ0) is 28.7. The second-order valence-electron chi connectivity index (χ2n) is 12.2. The maximum absolute atomic E-state index is 13.2. The molecule has 0 saturated carbocycles. The molecule has 0 aromatic rings. The molecule has 9 heteroatoms. The standard InChI is InChI=1S/C28H55N3O6/c1-10-23-28(9,36)25(33)22(7)31(14-13-30-12-11-24(29)32)16-17(2)15-27(8,35)21(6)19(4)18(3)20(5)26(34)37-23/h17-23,25,30,33,35-36H,10-16H2,1-9H3,(H2,29,32)/t17-,18+,19+,20-,21-,22?,23-,25?,27-,28-/m1/s1. The lowest BCUT2D eigenvalue weighted by Crippen LogP contribution is -2.60. The van der Waals surface area contributed by atoms with Crippen molar-refractivity contribution in [1.29, 1.82) is 0 Å². The monoisotopic (exact) mass is 529 g/mol. The number of carbonyl (C=O) groups excluding carboxylic acids is 2. The van der Waals surface area contributed by atoms with Crippen LogP contribution in [-0.4, -0.2) is 87.7 Å². The van der Waals surface area contributed by atoms with Crippen LogP contribution in [0.1, 0.15) is 81.6 Å². The molecule has 0 aliphatic carbocycles. The zero-order valence-electron chi connectivity index (χ0n) is 24.7. The summed E-state index contributed by atoms with van der Waals surface area (Å²) in [6.45, 7) is 19.3. The van der Waals surface area contributed by atoms with Crippen molar-refractivity contribution >= 4 is 11.9 Å². The molecule has 1 fully saturated rings. The number of aliphatic hydroxyl groups is 3. The van der Waals surface area contributed by atoms with Gasteiger partial charge in [0, 0.05) is 38.6 Å². The minimum Gasteiger partial charge on any atom is -0.459 e. The van der Waals surface area contributed by atoms with Gasteiger partial charge in [0.15, 0.2) is 0 Å². The first-order valence-electron chi connectivity index (χ1n) is 14.0.